The quantitative estimate of drug-likeness (QED) is 0.680. The van der Waals surface area contributed by atoms with Gasteiger partial charge < -0.3 is 14.7 Å². The van der Waals surface area contributed by atoms with Crippen molar-refractivity contribution in [2.75, 3.05) is 16.4 Å². The smallest absolute Gasteiger partial charge is 0.481 e. The Labute approximate surface area is 174 Å². The van der Waals surface area contributed by atoms with Crippen LogP contribution in [0.1, 0.15) is 19.3 Å². The average Bonchev–Trinajstić information content (AvgIpc) is 3.05. The molecule has 0 bridgehead atoms. The van der Waals surface area contributed by atoms with Crippen LogP contribution in [0.3, 0.4) is 0 Å². The zero-order valence-corrected chi connectivity index (χ0v) is 17.0. The van der Waals surface area contributed by atoms with E-state index >= 15 is 0 Å². The zero-order valence-electron chi connectivity index (χ0n) is 15.3. The van der Waals surface area contributed by atoms with Gasteiger partial charge in [0.05, 0.1) is 17.5 Å². The van der Waals surface area contributed by atoms with Gasteiger partial charge in [-0.15, -0.1) is 13.2 Å². The first-order chi connectivity index (χ1) is 13.9. The number of thioether (sulfide) groups is 1. The van der Waals surface area contributed by atoms with Gasteiger partial charge in [0.2, 0.25) is 5.91 Å². The second-order valence-electron chi connectivity index (χ2n) is 6.75. The van der Waals surface area contributed by atoms with E-state index in [0.29, 0.717) is 5.69 Å². The van der Waals surface area contributed by atoms with Gasteiger partial charge in [0.1, 0.15) is 5.75 Å². The number of amidine groups is 1. The molecule has 1 aromatic carbocycles. The third kappa shape index (κ3) is 5.65. The lowest BCUT2D eigenvalue weighted by molar-refractivity contribution is -0.274. The Balaban J connectivity index is 1.83. The van der Waals surface area contributed by atoms with Crippen LogP contribution in [0.2, 0.25) is 0 Å². The summed E-state index contributed by atoms with van der Waals surface area (Å²) in [7, 11) is -3.30. The molecule has 0 radical (unpaired) electrons. The van der Waals surface area contributed by atoms with Crippen LogP contribution in [0.15, 0.2) is 29.3 Å². The number of carbonyl (C=O) groups is 2. The maximum Gasteiger partial charge on any atom is 0.573 e. The number of anilines is 1. The van der Waals surface area contributed by atoms with E-state index in [4.69, 9.17) is 5.11 Å². The molecule has 2 heterocycles. The number of carboxylic acids is 1. The van der Waals surface area contributed by atoms with Gasteiger partial charge in [-0.05, 0) is 30.7 Å². The fourth-order valence-corrected chi connectivity index (χ4v) is 7.16. The molecular weight excluding hydrogens is 449 g/mol. The Morgan fingerprint density at radius 2 is 1.87 bits per heavy atom. The van der Waals surface area contributed by atoms with Gasteiger partial charge in [0.15, 0.2) is 15.0 Å². The van der Waals surface area contributed by atoms with Crippen LogP contribution in [0.5, 0.6) is 5.75 Å². The molecule has 2 fully saturated rings. The maximum atomic E-state index is 12.4. The highest BCUT2D eigenvalue weighted by Gasteiger charge is 2.49. The summed E-state index contributed by atoms with van der Waals surface area (Å²) in [5.41, 5.74) is 0.374. The fourth-order valence-electron chi connectivity index (χ4n) is 3.23. The number of sulfone groups is 1. The van der Waals surface area contributed by atoms with E-state index in [-0.39, 0.29) is 41.2 Å². The van der Waals surface area contributed by atoms with Crippen molar-refractivity contribution in [1.29, 1.82) is 0 Å². The molecule has 0 spiro atoms. The Morgan fingerprint density at radius 3 is 2.47 bits per heavy atom. The molecule has 0 aromatic heterocycles. The van der Waals surface area contributed by atoms with Gasteiger partial charge in [-0.2, -0.15) is 4.99 Å². The molecule has 2 saturated heterocycles. The summed E-state index contributed by atoms with van der Waals surface area (Å²) in [6, 6.07) is 4.34. The molecule has 8 nitrogen and oxygen atoms in total. The Hall–Kier alpha value is -2.28. The highest BCUT2D eigenvalue weighted by molar-refractivity contribution is 8.16. The number of hydrogen-bond donors (Lipinski definition) is 1. The number of rotatable bonds is 6. The molecule has 164 valence electrons. The van der Waals surface area contributed by atoms with Gasteiger partial charge in [-0.25, -0.2) is 8.42 Å². The summed E-state index contributed by atoms with van der Waals surface area (Å²) >= 11 is 1.12. The van der Waals surface area contributed by atoms with E-state index in [9.17, 15) is 31.2 Å². The highest BCUT2D eigenvalue weighted by Crippen LogP contribution is 2.41. The van der Waals surface area contributed by atoms with Crippen LogP contribution >= 0.6 is 11.8 Å². The fraction of sp³-hybridized carbons (Fsp3) is 0.471. The molecule has 1 aromatic rings. The SMILES string of the molecule is O=C(O)CCCC(=O)N=C1S[C@H]2CS(=O)(=O)C[C@@H]2N1c1ccc(OC(F)(F)F)cc1. The average molecular weight is 466 g/mol. The van der Waals surface area contributed by atoms with Gasteiger partial charge in [-0.3, -0.25) is 9.59 Å². The number of aliphatic carboxylic acids is 1. The summed E-state index contributed by atoms with van der Waals surface area (Å²) in [5.74, 6) is -2.29. The Kier molecular flexibility index (Phi) is 6.32. The molecule has 0 unspecified atom stereocenters. The number of ether oxygens (including phenoxy) is 1. The predicted octanol–water partition coefficient (Wildman–Crippen LogP) is 2.44. The number of amides is 1. The molecule has 1 amide bonds. The highest BCUT2D eigenvalue weighted by atomic mass is 32.2. The Morgan fingerprint density at radius 1 is 1.20 bits per heavy atom. The van der Waals surface area contributed by atoms with E-state index in [2.05, 4.69) is 9.73 Å². The molecule has 0 saturated carbocycles. The lowest BCUT2D eigenvalue weighted by Crippen LogP contribution is -2.37. The van der Waals surface area contributed by atoms with Crippen molar-refractivity contribution in [3.05, 3.63) is 24.3 Å². The van der Waals surface area contributed by atoms with Crippen molar-refractivity contribution in [3.8, 4) is 5.75 Å². The summed E-state index contributed by atoms with van der Waals surface area (Å²) < 4.78 is 65.0. The van der Waals surface area contributed by atoms with Gasteiger partial charge >= 0.3 is 12.3 Å². The van der Waals surface area contributed by atoms with E-state index in [1.807, 2.05) is 0 Å². The van der Waals surface area contributed by atoms with Crippen LogP contribution in [-0.4, -0.2) is 59.7 Å². The van der Waals surface area contributed by atoms with Crippen molar-refractivity contribution >= 4 is 44.3 Å². The number of halogens is 3. The first kappa shape index (κ1) is 22.4. The second-order valence-corrected chi connectivity index (χ2v) is 10.1. The minimum Gasteiger partial charge on any atom is -0.481 e. The van der Waals surface area contributed by atoms with E-state index in [1.54, 1.807) is 0 Å². The first-order valence-corrected chi connectivity index (χ1v) is 11.5. The van der Waals surface area contributed by atoms with Crippen molar-refractivity contribution in [2.24, 2.45) is 4.99 Å². The summed E-state index contributed by atoms with van der Waals surface area (Å²) in [4.78, 5) is 28.2. The number of hydrogen-bond acceptors (Lipinski definition) is 6. The number of carbonyl (C=O) groups excluding carboxylic acids is 1. The minimum atomic E-state index is -4.84. The number of fused-ring (bicyclic) bond motifs is 1. The van der Waals surface area contributed by atoms with Crippen LogP contribution in [0.25, 0.3) is 0 Å². The Bertz CT molecular complexity index is 963. The molecule has 3 rings (SSSR count). The first-order valence-electron chi connectivity index (χ1n) is 8.79. The van der Waals surface area contributed by atoms with Crippen molar-refractivity contribution in [1.82, 2.24) is 0 Å². The zero-order chi connectivity index (χ0) is 22.1. The maximum absolute atomic E-state index is 12.4. The minimum absolute atomic E-state index is 0.0871. The molecular formula is C17H17F3N2O6S2. The molecule has 2 aliphatic rings. The lowest BCUT2D eigenvalue weighted by Gasteiger charge is -2.24. The monoisotopic (exact) mass is 466 g/mol. The van der Waals surface area contributed by atoms with Gasteiger partial charge in [0, 0.05) is 23.8 Å². The number of benzene rings is 1. The van der Waals surface area contributed by atoms with E-state index in [1.165, 1.54) is 17.0 Å². The van der Waals surface area contributed by atoms with Crippen LogP contribution < -0.4 is 9.64 Å². The number of carboxylic acid groups (broad SMARTS) is 1. The summed E-state index contributed by atoms with van der Waals surface area (Å²) in [6.45, 7) is 0. The second kappa shape index (κ2) is 8.46. The molecule has 0 aliphatic carbocycles. The topological polar surface area (TPSA) is 113 Å². The number of nitrogens with zero attached hydrogens (tertiary/aromatic N) is 2. The van der Waals surface area contributed by atoms with Crippen LogP contribution in [0, 0.1) is 0 Å². The molecule has 30 heavy (non-hydrogen) atoms. The van der Waals surface area contributed by atoms with E-state index < -0.39 is 39.9 Å². The third-order valence-corrected chi connectivity index (χ3v) is 7.63. The summed E-state index contributed by atoms with van der Waals surface area (Å²) in [6.07, 6.45) is -5.00. The number of aliphatic imine (C=N–C) groups is 1. The lowest BCUT2D eigenvalue weighted by atomic mass is 10.2. The van der Waals surface area contributed by atoms with Crippen molar-refractivity contribution in [3.63, 3.8) is 0 Å². The predicted molar refractivity (Wildman–Crippen MR) is 103 cm³/mol. The van der Waals surface area contributed by atoms with Gasteiger partial charge in [0.25, 0.3) is 0 Å². The normalized spacial score (nSPS) is 24.1. The van der Waals surface area contributed by atoms with Crippen molar-refractivity contribution < 1.29 is 41.0 Å². The molecule has 2 aliphatic heterocycles. The third-order valence-electron chi connectivity index (χ3n) is 4.42. The molecule has 1 N–H and O–H groups in total. The molecule has 13 heteroatoms. The van der Waals surface area contributed by atoms with Crippen LogP contribution in [0.4, 0.5) is 18.9 Å². The summed E-state index contributed by atoms with van der Waals surface area (Å²) in [5, 5.41) is 8.53. The van der Waals surface area contributed by atoms with Crippen LogP contribution in [-0.2, 0) is 19.4 Å². The molecule has 2 atom stereocenters. The largest absolute Gasteiger partial charge is 0.573 e. The standard InChI is InChI=1S/C17H17F3N2O6S2/c18-17(19,20)28-11-6-4-10(5-7-11)22-12-8-30(26,27)9-13(12)29-16(22)21-14(23)2-1-3-15(24)25/h4-7,12-13H,1-3,8-9H2,(H,24,25)/t12-,13-/m0/s1. The van der Waals surface area contributed by atoms with Gasteiger partial charge in [-0.1, -0.05) is 11.8 Å². The number of alkyl halides is 3. The van der Waals surface area contributed by atoms with E-state index in [0.717, 1.165) is 23.9 Å². The van der Waals surface area contributed by atoms with Crippen molar-refractivity contribution in [2.45, 2.75) is 36.9 Å².